The Hall–Kier alpha value is -2.93. The summed E-state index contributed by atoms with van der Waals surface area (Å²) in [4.78, 5) is 22.3. The minimum absolute atomic E-state index is 0.193. The van der Waals surface area contributed by atoms with Crippen molar-refractivity contribution in [1.82, 2.24) is 19.6 Å². The van der Waals surface area contributed by atoms with Crippen LogP contribution in [0.3, 0.4) is 0 Å². The zero-order valence-electron chi connectivity index (χ0n) is 15.1. The molecule has 140 valence electrons. The van der Waals surface area contributed by atoms with Crippen molar-refractivity contribution in [3.8, 4) is 0 Å². The Morgan fingerprint density at radius 1 is 1.07 bits per heavy atom. The average Bonchev–Trinajstić information content (AvgIpc) is 2.71. The number of aromatic nitrogens is 3. The summed E-state index contributed by atoms with van der Waals surface area (Å²) < 4.78 is 0.472. The van der Waals surface area contributed by atoms with E-state index in [1.807, 2.05) is 0 Å². The van der Waals surface area contributed by atoms with Crippen LogP contribution < -0.4 is 11.0 Å². The predicted molar refractivity (Wildman–Crippen MR) is 104 cm³/mol. The fourth-order valence-electron chi connectivity index (χ4n) is 3.58. The summed E-state index contributed by atoms with van der Waals surface area (Å²) in [6.07, 6.45) is 5.43. The van der Waals surface area contributed by atoms with E-state index in [9.17, 15) is 10.0 Å². The van der Waals surface area contributed by atoms with Crippen molar-refractivity contribution in [2.75, 3.05) is 18.4 Å². The third kappa shape index (κ3) is 3.93. The van der Waals surface area contributed by atoms with Gasteiger partial charge in [0.15, 0.2) is 5.65 Å². The van der Waals surface area contributed by atoms with Crippen LogP contribution in [-0.2, 0) is 13.1 Å². The van der Waals surface area contributed by atoms with Gasteiger partial charge in [-0.15, -0.1) is 4.73 Å². The number of nitrogens with zero attached hydrogens (tertiary/aromatic N) is 4. The molecule has 4 rings (SSSR count). The molecule has 2 aromatic heterocycles. The summed E-state index contributed by atoms with van der Waals surface area (Å²) in [5.41, 5.74) is 1.86. The van der Waals surface area contributed by atoms with Crippen molar-refractivity contribution in [1.29, 1.82) is 0 Å². The highest BCUT2D eigenvalue weighted by Gasteiger charge is 2.12. The van der Waals surface area contributed by atoms with Gasteiger partial charge in [0.05, 0.1) is 5.39 Å². The quantitative estimate of drug-likeness (QED) is 0.677. The first-order valence-corrected chi connectivity index (χ1v) is 9.32. The zero-order valence-corrected chi connectivity index (χ0v) is 15.1. The van der Waals surface area contributed by atoms with Gasteiger partial charge in [0, 0.05) is 19.3 Å². The van der Waals surface area contributed by atoms with E-state index in [0.717, 1.165) is 12.1 Å². The largest absolute Gasteiger partial charge is 0.422 e. The molecule has 0 atom stereocenters. The number of likely N-dealkylation sites (tertiary alicyclic amines) is 1. The molecule has 1 fully saturated rings. The molecule has 27 heavy (non-hydrogen) atoms. The molecule has 0 amide bonds. The lowest BCUT2D eigenvalue weighted by molar-refractivity contribution is 0.182. The van der Waals surface area contributed by atoms with Crippen LogP contribution in [-0.4, -0.2) is 37.9 Å². The van der Waals surface area contributed by atoms with Gasteiger partial charge in [-0.3, -0.25) is 4.90 Å². The first-order chi connectivity index (χ1) is 13.2. The number of nitrogens with one attached hydrogen (secondary N) is 1. The fraction of sp³-hybridized carbons (Fsp3) is 0.350. The van der Waals surface area contributed by atoms with Crippen molar-refractivity contribution in [2.45, 2.75) is 32.4 Å². The number of benzene rings is 1. The van der Waals surface area contributed by atoms with E-state index in [4.69, 9.17) is 0 Å². The van der Waals surface area contributed by atoms with Crippen LogP contribution in [0.15, 0.2) is 47.4 Å². The first-order valence-electron chi connectivity index (χ1n) is 9.32. The van der Waals surface area contributed by atoms with Crippen LogP contribution in [0.1, 0.15) is 30.4 Å². The maximum atomic E-state index is 11.9. The van der Waals surface area contributed by atoms with Crippen LogP contribution in [0.25, 0.3) is 11.0 Å². The Bertz CT molecular complexity index is 995. The van der Waals surface area contributed by atoms with Crippen molar-refractivity contribution >= 4 is 16.9 Å². The van der Waals surface area contributed by atoms with E-state index in [1.165, 1.54) is 44.1 Å². The van der Waals surface area contributed by atoms with Gasteiger partial charge < -0.3 is 10.5 Å². The molecule has 1 aromatic carbocycles. The number of pyridine rings is 1. The van der Waals surface area contributed by atoms with E-state index in [0.29, 0.717) is 22.5 Å². The second-order valence-corrected chi connectivity index (χ2v) is 6.94. The molecule has 0 radical (unpaired) electrons. The normalized spacial score (nSPS) is 15.1. The van der Waals surface area contributed by atoms with E-state index in [1.54, 1.807) is 12.1 Å². The second-order valence-electron chi connectivity index (χ2n) is 6.94. The van der Waals surface area contributed by atoms with Gasteiger partial charge in [-0.25, -0.2) is 9.78 Å². The summed E-state index contributed by atoms with van der Waals surface area (Å²) in [7, 11) is 0. The smallest absolute Gasteiger partial charge is 0.384 e. The molecule has 1 aliphatic rings. The summed E-state index contributed by atoms with van der Waals surface area (Å²) in [6, 6.07) is 12.0. The van der Waals surface area contributed by atoms with E-state index in [2.05, 4.69) is 44.5 Å². The van der Waals surface area contributed by atoms with Gasteiger partial charge in [0.2, 0.25) is 0 Å². The van der Waals surface area contributed by atoms with Gasteiger partial charge in [0.1, 0.15) is 5.82 Å². The molecule has 0 aliphatic carbocycles. The highest BCUT2D eigenvalue weighted by molar-refractivity contribution is 5.86. The van der Waals surface area contributed by atoms with E-state index < -0.39 is 5.69 Å². The zero-order chi connectivity index (χ0) is 18.6. The maximum absolute atomic E-state index is 11.9. The third-order valence-corrected chi connectivity index (χ3v) is 4.94. The average molecular weight is 365 g/mol. The lowest BCUT2D eigenvalue weighted by Crippen LogP contribution is -2.29. The Balaban J connectivity index is 1.51. The molecule has 3 heterocycles. The van der Waals surface area contributed by atoms with Crippen molar-refractivity contribution in [3.63, 3.8) is 0 Å². The molecule has 1 aliphatic heterocycles. The van der Waals surface area contributed by atoms with Gasteiger partial charge in [0.25, 0.3) is 0 Å². The summed E-state index contributed by atoms with van der Waals surface area (Å²) in [5.74, 6) is 0.426. The molecule has 0 unspecified atom stereocenters. The standard InChI is InChI=1S/C20H23N5O2/c26-20-23-18(17-8-5-9-21-19(17)25(20)27)22-13-15-6-4-7-16(12-15)14-24-10-2-1-3-11-24/h4-9,12,27H,1-3,10-11,13-14H2,(H,22,23,26). The van der Waals surface area contributed by atoms with Crippen LogP contribution >= 0.6 is 0 Å². The molecule has 0 saturated carbocycles. The monoisotopic (exact) mass is 365 g/mol. The molecule has 0 spiro atoms. The molecule has 3 aromatic rings. The number of hydrogen-bond donors (Lipinski definition) is 2. The van der Waals surface area contributed by atoms with Gasteiger partial charge in [-0.05, 0) is 49.2 Å². The molecular formula is C20H23N5O2. The Morgan fingerprint density at radius 2 is 1.89 bits per heavy atom. The number of hydrogen-bond acceptors (Lipinski definition) is 6. The molecule has 0 bridgehead atoms. The van der Waals surface area contributed by atoms with Crippen LogP contribution in [0, 0.1) is 0 Å². The Morgan fingerprint density at radius 3 is 2.74 bits per heavy atom. The van der Waals surface area contributed by atoms with Gasteiger partial charge in [-0.2, -0.15) is 4.98 Å². The lowest BCUT2D eigenvalue weighted by atomic mass is 10.1. The van der Waals surface area contributed by atoms with Gasteiger partial charge >= 0.3 is 5.69 Å². The Labute approximate surface area is 157 Å². The number of rotatable bonds is 5. The van der Waals surface area contributed by atoms with Gasteiger partial charge in [-0.1, -0.05) is 30.7 Å². The van der Waals surface area contributed by atoms with Crippen molar-refractivity contribution in [3.05, 3.63) is 64.2 Å². The predicted octanol–water partition coefficient (Wildman–Crippen LogP) is 2.63. The van der Waals surface area contributed by atoms with E-state index >= 15 is 0 Å². The van der Waals surface area contributed by atoms with E-state index in [-0.39, 0.29) is 5.65 Å². The molecule has 1 saturated heterocycles. The molecule has 7 nitrogen and oxygen atoms in total. The summed E-state index contributed by atoms with van der Waals surface area (Å²) >= 11 is 0. The third-order valence-electron chi connectivity index (χ3n) is 4.94. The molecule has 2 N–H and O–H groups in total. The van der Waals surface area contributed by atoms with Crippen molar-refractivity contribution in [2.24, 2.45) is 0 Å². The highest BCUT2D eigenvalue weighted by atomic mass is 16.5. The highest BCUT2D eigenvalue weighted by Crippen LogP contribution is 2.18. The van der Waals surface area contributed by atoms with Crippen LogP contribution in [0.4, 0.5) is 5.82 Å². The topological polar surface area (TPSA) is 83.3 Å². The lowest BCUT2D eigenvalue weighted by Gasteiger charge is -2.26. The summed E-state index contributed by atoms with van der Waals surface area (Å²) in [5, 5.41) is 13.6. The SMILES string of the molecule is O=c1nc(NCc2cccc(CN3CCCCC3)c2)c2cccnc2n1O. The minimum Gasteiger partial charge on any atom is -0.422 e. The molecular weight excluding hydrogens is 342 g/mol. The number of piperidine rings is 1. The van der Waals surface area contributed by atoms with Crippen molar-refractivity contribution < 1.29 is 5.21 Å². The second kappa shape index (κ2) is 7.75. The fourth-order valence-corrected chi connectivity index (χ4v) is 3.58. The minimum atomic E-state index is -0.748. The maximum Gasteiger partial charge on any atom is 0.384 e. The number of fused-ring (bicyclic) bond motifs is 1. The summed E-state index contributed by atoms with van der Waals surface area (Å²) in [6.45, 7) is 3.85. The Kier molecular flexibility index (Phi) is 5.02. The number of anilines is 1. The molecule has 7 heteroatoms. The van der Waals surface area contributed by atoms with Crippen LogP contribution in [0.2, 0.25) is 0 Å². The van der Waals surface area contributed by atoms with Crippen LogP contribution in [0.5, 0.6) is 0 Å². The first kappa shape index (κ1) is 17.5.